The highest BCUT2D eigenvalue weighted by Gasteiger charge is 2.64. The Bertz CT molecular complexity index is 5360. The van der Waals surface area contributed by atoms with Gasteiger partial charge in [0.1, 0.15) is 93.4 Å². The number of benzene rings is 10. The number of aliphatic hydroxyl groups is 2. The first kappa shape index (κ1) is 92.3. The van der Waals surface area contributed by atoms with Gasteiger partial charge in [0.05, 0.1) is 37.9 Å². The average Bonchev–Trinajstić information content (AvgIpc) is 1.26. The van der Waals surface area contributed by atoms with Crippen molar-refractivity contribution in [1.29, 1.82) is 0 Å². The van der Waals surface area contributed by atoms with Gasteiger partial charge in [-0.15, -0.1) is 0 Å². The quantitative estimate of drug-likeness (QED) is 0.0169. The molecular weight excluding hydrogens is 1720 g/mol. The van der Waals surface area contributed by atoms with Gasteiger partial charge in [0.2, 0.25) is 0 Å². The van der Waals surface area contributed by atoms with Crippen LogP contribution in [0.1, 0.15) is 93.4 Å². The van der Waals surface area contributed by atoms with Crippen LogP contribution in [0.25, 0.3) is 0 Å². The number of amides is 5. The summed E-state index contributed by atoms with van der Waals surface area (Å²) in [5.74, 6) is -1.22. The lowest BCUT2D eigenvalue weighted by Gasteiger charge is -2.51. The van der Waals surface area contributed by atoms with Gasteiger partial charge in [-0.2, -0.15) is 0 Å². The van der Waals surface area contributed by atoms with Gasteiger partial charge < -0.3 is 107 Å². The lowest BCUT2D eigenvalue weighted by Crippen LogP contribution is -2.70. The first-order chi connectivity index (χ1) is 64.0. The van der Waals surface area contributed by atoms with Crippen molar-refractivity contribution in [3.63, 3.8) is 0 Å². The van der Waals surface area contributed by atoms with Crippen LogP contribution >= 0.6 is 0 Å². The fraction of sp³-hybridized carbons (Fsp3) is 0.363. The van der Waals surface area contributed by atoms with Gasteiger partial charge in [0.25, 0.3) is 16.6 Å². The van der Waals surface area contributed by atoms with E-state index in [4.69, 9.17) is 70.7 Å². The molecule has 1 saturated carbocycles. The van der Waals surface area contributed by atoms with E-state index in [2.05, 4.69) is 66.3 Å². The Kier molecular flexibility index (Phi) is 28.9. The summed E-state index contributed by atoms with van der Waals surface area (Å²) in [6, 6.07) is 87.8. The summed E-state index contributed by atoms with van der Waals surface area (Å²) in [5.41, 5.74) is 3.86. The maximum absolute atomic E-state index is 15.1. The summed E-state index contributed by atoms with van der Waals surface area (Å²) in [6.45, 7) is 8.92. The zero-order valence-electron chi connectivity index (χ0n) is 73.8. The molecule has 0 radical (unpaired) electrons. The highest BCUT2D eigenvalue weighted by molar-refractivity contribution is 6.99. The van der Waals surface area contributed by atoms with Crippen molar-refractivity contribution in [2.45, 2.75) is 207 Å². The first-order valence-electron chi connectivity index (χ1n) is 44.8. The van der Waals surface area contributed by atoms with Gasteiger partial charge in [-0.3, -0.25) is 4.90 Å². The number of aliphatic hydroxyl groups excluding tert-OH is 2. The van der Waals surface area contributed by atoms with Crippen molar-refractivity contribution in [2.24, 2.45) is 5.92 Å². The molecule has 10 aromatic carbocycles. The predicted octanol–water partition coefficient (Wildman–Crippen LogP) is 11.8. The maximum atomic E-state index is 15.1. The Morgan fingerprint density at radius 2 is 0.864 bits per heavy atom. The highest BCUT2D eigenvalue weighted by atomic mass is 28.4. The SMILES string of the molecule is CC(C)(C[C@H]1[C@H](O[C@@H]2[C@H]3OC(=O)N[C@@H]3C[C@H](NC(=O)OCc3ccccc3)[C@H]2O[C@H]2O[C@@H]3COC(c4ccccc4)O[C@H]3[C@@H](O)[C@H]2NC(=O)OCc2ccccc2)O[C@H](CO[Si](c2ccccc2)(c2ccccc2)C(C)(C)C)[C@H]1O[C@H]1O[C@H]2CN(C(=O)OCc3ccccc3)C(c3ccccc3)O[C@H]2[C@H](O)[C@H]1NC(=O)OCc1ccccc1)[Si](O)(c1ccccc1)c1ccccc1. The summed E-state index contributed by atoms with van der Waals surface area (Å²) < 4.78 is 104. The number of alkyl carbamates (subject to hydrolysis) is 4. The Hall–Kier alpha value is -11.5. The molecule has 7 N–H and O–H groups in total. The maximum Gasteiger partial charge on any atom is 0.412 e. The van der Waals surface area contributed by atoms with Gasteiger partial charge in [-0.1, -0.05) is 338 Å². The zero-order chi connectivity index (χ0) is 91.5. The van der Waals surface area contributed by atoms with Crippen molar-refractivity contribution in [1.82, 2.24) is 26.2 Å². The molecule has 132 heavy (non-hydrogen) atoms. The fourth-order valence-corrected chi connectivity index (χ4v) is 27.8. The van der Waals surface area contributed by atoms with Gasteiger partial charge in [0, 0.05) is 17.0 Å². The second-order valence-corrected chi connectivity index (χ2v) is 44.2. The van der Waals surface area contributed by atoms with E-state index in [9.17, 15) is 29.4 Å². The van der Waals surface area contributed by atoms with E-state index >= 15 is 9.59 Å². The summed E-state index contributed by atoms with van der Waals surface area (Å²) in [4.78, 5) is 90.2. The van der Waals surface area contributed by atoms with E-state index in [1.54, 1.807) is 72.8 Å². The third-order valence-electron chi connectivity index (χ3n) is 25.9. The number of hydrogen-bond donors (Lipinski definition) is 7. The average molecular weight is 1830 g/mol. The molecule has 0 bridgehead atoms. The third kappa shape index (κ3) is 20.5. The molecule has 30 heteroatoms. The smallest absolute Gasteiger partial charge is 0.412 e. The molecule has 17 rings (SSSR count). The molecular formula is C102H111N5O23Si2. The number of hydrogen-bond acceptors (Lipinski definition) is 23. The van der Waals surface area contributed by atoms with E-state index in [0.717, 1.165) is 10.4 Å². The lowest BCUT2D eigenvalue weighted by molar-refractivity contribution is -0.357. The van der Waals surface area contributed by atoms with Gasteiger partial charge in [-0.25, -0.2) is 24.0 Å². The van der Waals surface area contributed by atoms with Crippen LogP contribution in [0.5, 0.6) is 0 Å². The van der Waals surface area contributed by atoms with E-state index in [-0.39, 0.29) is 59.0 Å². The zero-order valence-corrected chi connectivity index (χ0v) is 75.8. The number of fused-ring (bicyclic) bond motifs is 3. The molecule has 690 valence electrons. The van der Waals surface area contributed by atoms with Crippen molar-refractivity contribution < 1.29 is 110 Å². The molecule has 0 spiro atoms. The fourth-order valence-electron chi connectivity index (χ4n) is 19.4. The van der Waals surface area contributed by atoms with Crippen molar-refractivity contribution in [3.8, 4) is 0 Å². The van der Waals surface area contributed by atoms with Crippen LogP contribution in [0.4, 0.5) is 24.0 Å². The number of nitrogens with zero attached hydrogens (tertiary/aromatic N) is 1. The van der Waals surface area contributed by atoms with Crippen LogP contribution < -0.4 is 42.0 Å². The molecule has 6 saturated heterocycles. The van der Waals surface area contributed by atoms with Crippen molar-refractivity contribution in [3.05, 3.63) is 337 Å². The molecule has 10 aromatic rings. The summed E-state index contributed by atoms with van der Waals surface area (Å²) >= 11 is 0. The Morgan fingerprint density at radius 1 is 0.455 bits per heavy atom. The van der Waals surface area contributed by atoms with Gasteiger partial charge >= 0.3 is 30.5 Å². The van der Waals surface area contributed by atoms with Gasteiger partial charge in [-0.05, 0) is 65.9 Å². The number of carbonyl (C=O) groups is 5. The highest BCUT2D eigenvalue weighted by Crippen LogP contribution is 2.51. The van der Waals surface area contributed by atoms with Crippen molar-refractivity contribution >= 4 is 67.8 Å². The molecule has 2 unspecified atom stereocenters. The van der Waals surface area contributed by atoms with Crippen molar-refractivity contribution in [2.75, 3.05) is 19.8 Å². The number of carbonyl (C=O) groups excluding carboxylic acids is 5. The molecule has 0 aromatic heterocycles. The first-order valence-corrected chi connectivity index (χ1v) is 48.7. The second kappa shape index (κ2) is 41.3. The summed E-state index contributed by atoms with van der Waals surface area (Å²) in [6.07, 6.45) is -27.6. The van der Waals surface area contributed by atoms with Crippen LogP contribution in [0.3, 0.4) is 0 Å². The monoisotopic (exact) mass is 1830 g/mol. The molecule has 6 aliphatic heterocycles. The number of ether oxygens (including phenoxy) is 14. The molecule has 7 fully saturated rings. The summed E-state index contributed by atoms with van der Waals surface area (Å²) in [5, 5.41) is 39.8. The second-order valence-electron chi connectivity index (χ2n) is 35.9. The number of nitrogens with one attached hydrogen (secondary N) is 4. The minimum Gasteiger partial charge on any atom is -0.445 e. The van der Waals surface area contributed by atoms with E-state index < -0.39 is 186 Å². The third-order valence-corrected chi connectivity index (χ3v) is 35.4. The summed E-state index contributed by atoms with van der Waals surface area (Å²) in [7, 11) is -7.92. The van der Waals surface area contributed by atoms with Crippen LogP contribution in [-0.4, -0.2) is 197 Å². The van der Waals surface area contributed by atoms with Gasteiger partial charge in [0.15, 0.2) is 37.5 Å². The molecule has 5 amide bonds. The van der Waals surface area contributed by atoms with E-state index in [1.807, 2.05) is 220 Å². The van der Waals surface area contributed by atoms with Crippen LogP contribution in [0, 0.1) is 5.92 Å². The van der Waals surface area contributed by atoms with Crippen LogP contribution in [0.15, 0.2) is 303 Å². The molecule has 7 aliphatic rings. The molecule has 21 atom stereocenters. The standard InChI is InChI=1S/C102H111N5O23Si2/c1-101(2,3)132(73-52-32-14-33-53-73,74-54-34-15-35-55-74)121-64-80-85(126-94-81(105-97(111)118-60-66-38-18-7-19-39-66)83(108)88-78(122-94)58-107(91(125-88)69-44-24-10-25-45-69)100(114)120-62-68-42-22-9-23-43-68)75(57-102(4,5)131(115,71-48-28-12-29-49-71)72-50-30-13-31-51-72)93(123-80)129-90-86(76(56-77-87(90)130-99(113)104-77)103-96(110)117-59-65-36-16-6-17-37-65)127-95-82(106-98(112)119-61-67-40-20-8-21-41-67)84(109)89-79(124-95)63-116-92(128-89)70-46-26-11-27-47-70/h6-55,75-95,108-109,115H,56-64H2,1-5H3,(H,103,110)(H,104,113)(H,105,111)(H,106,112)/t75-,76+,77-,78+,79-,80-,81-,82-,83-,84+,85+,86-,87+,88-,89-,90+,91?,92?,93+,94-,95-/m1/s1. The Labute approximate surface area is 768 Å². The molecule has 28 nitrogen and oxygen atoms in total. The molecule has 6 heterocycles. The van der Waals surface area contributed by atoms with E-state index in [1.165, 1.54) is 4.90 Å². The topological polar surface area (TPSA) is 336 Å². The Morgan fingerprint density at radius 3 is 1.34 bits per heavy atom. The van der Waals surface area contributed by atoms with E-state index in [0.29, 0.717) is 43.8 Å². The number of rotatable bonds is 29. The minimum absolute atomic E-state index is 0.0913. The minimum atomic E-state index is -4.23. The molecule has 1 aliphatic carbocycles. The normalized spacial score (nSPS) is 27.6. The van der Waals surface area contributed by atoms with Crippen LogP contribution in [0.2, 0.25) is 10.1 Å². The predicted molar refractivity (Wildman–Crippen MR) is 488 cm³/mol. The largest absolute Gasteiger partial charge is 0.445 e. The van der Waals surface area contributed by atoms with Crippen LogP contribution in [-0.2, 0) is 97.2 Å². The lowest BCUT2D eigenvalue weighted by atomic mass is 9.83. The Balaban J connectivity index is 0.821.